The van der Waals surface area contributed by atoms with Crippen molar-refractivity contribution < 1.29 is 14.6 Å². The third kappa shape index (κ3) is 6.35. The number of esters is 1. The van der Waals surface area contributed by atoms with Crippen LogP contribution >= 0.6 is 0 Å². The van der Waals surface area contributed by atoms with Crippen LogP contribution in [0.1, 0.15) is 89.0 Å². The minimum absolute atomic E-state index is 0.0479. The molecule has 2 aromatic rings. The fourth-order valence-corrected chi connectivity index (χ4v) is 3.30. The molecule has 2 unspecified atom stereocenters. The Bertz CT molecular complexity index is 777. The smallest absolute Gasteiger partial charge is 0.312 e. The minimum Gasteiger partial charge on any atom is -0.508 e. The van der Waals surface area contributed by atoms with E-state index in [1.807, 2.05) is 39.0 Å². The molecule has 0 bridgehead atoms. The topological polar surface area (TPSA) is 46.5 Å². The second kappa shape index (κ2) is 10.5. The molecule has 2 aromatic carbocycles. The average molecular weight is 397 g/mol. The largest absolute Gasteiger partial charge is 0.508 e. The highest BCUT2D eigenvalue weighted by atomic mass is 16.5. The SMILES string of the molecule is CCC(C)(C)C(=O)OC1CCCc2ccccc21.CCC(C)c1ccc(O)cc1. The standard InChI is InChI=1S/C16H22O2.C10H14O/c1-4-16(2,3)15(17)18-14-11-7-9-12-8-5-6-10-13(12)14;1-3-8(2)9-4-6-10(11)7-5-9/h5-6,8,10,14H,4,7,9,11H2,1-3H3;4-8,11H,3H2,1-2H3. The highest BCUT2D eigenvalue weighted by Gasteiger charge is 2.31. The minimum atomic E-state index is -0.383. The van der Waals surface area contributed by atoms with Gasteiger partial charge in [-0.3, -0.25) is 4.79 Å². The first-order chi connectivity index (χ1) is 13.8. The van der Waals surface area contributed by atoms with E-state index in [-0.39, 0.29) is 17.5 Å². The number of fused-ring (bicyclic) bond motifs is 1. The lowest BCUT2D eigenvalue weighted by Gasteiger charge is -2.29. The monoisotopic (exact) mass is 396 g/mol. The van der Waals surface area contributed by atoms with Crippen molar-refractivity contribution in [2.45, 2.75) is 78.7 Å². The Morgan fingerprint density at radius 2 is 1.79 bits per heavy atom. The van der Waals surface area contributed by atoms with Gasteiger partial charge in [-0.2, -0.15) is 0 Å². The summed E-state index contributed by atoms with van der Waals surface area (Å²) in [4.78, 5) is 12.2. The van der Waals surface area contributed by atoms with Gasteiger partial charge in [-0.1, -0.05) is 57.2 Å². The molecule has 0 aliphatic heterocycles. The first kappa shape index (κ1) is 23.0. The van der Waals surface area contributed by atoms with Gasteiger partial charge in [0.25, 0.3) is 0 Å². The van der Waals surface area contributed by atoms with Crippen LogP contribution in [-0.4, -0.2) is 11.1 Å². The number of aryl methyl sites for hydroxylation is 1. The van der Waals surface area contributed by atoms with E-state index in [4.69, 9.17) is 9.84 Å². The summed E-state index contributed by atoms with van der Waals surface area (Å²) in [5.74, 6) is 0.861. The number of ether oxygens (including phenoxy) is 1. The molecule has 0 fully saturated rings. The molecule has 2 atom stereocenters. The van der Waals surface area contributed by atoms with Gasteiger partial charge in [-0.05, 0) is 80.7 Å². The van der Waals surface area contributed by atoms with Crippen LogP contribution in [0, 0.1) is 5.41 Å². The summed E-state index contributed by atoms with van der Waals surface area (Å²) in [6.45, 7) is 10.3. The third-order valence-electron chi connectivity index (χ3n) is 6.07. The highest BCUT2D eigenvalue weighted by Crippen LogP contribution is 2.34. The van der Waals surface area contributed by atoms with E-state index >= 15 is 0 Å². The molecule has 1 N–H and O–H groups in total. The van der Waals surface area contributed by atoms with Gasteiger partial charge in [0.1, 0.15) is 11.9 Å². The molecule has 29 heavy (non-hydrogen) atoms. The van der Waals surface area contributed by atoms with Crippen LogP contribution in [0.15, 0.2) is 48.5 Å². The number of benzene rings is 2. The lowest BCUT2D eigenvalue weighted by Crippen LogP contribution is -2.28. The summed E-state index contributed by atoms with van der Waals surface area (Å²) in [7, 11) is 0. The molecule has 3 heteroatoms. The highest BCUT2D eigenvalue weighted by molar-refractivity contribution is 5.76. The number of phenols is 1. The molecule has 0 amide bonds. The summed E-state index contributed by atoms with van der Waals surface area (Å²) < 4.78 is 5.73. The van der Waals surface area contributed by atoms with Crippen LogP contribution in [0.3, 0.4) is 0 Å². The van der Waals surface area contributed by atoms with Crippen molar-refractivity contribution in [3.63, 3.8) is 0 Å². The number of hydrogen-bond acceptors (Lipinski definition) is 3. The molecule has 0 radical (unpaired) electrons. The van der Waals surface area contributed by atoms with E-state index in [0.29, 0.717) is 11.7 Å². The molecular weight excluding hydrogens is 360 g/mol. The predicted octanol–water partition coefficient (Wildman–Crippen LogP) is 6.95. The van der Waals surface area contributed by atoms with Gasteiger partial charge in [0.2, 0.25) is 0 Å². The quantitative estimate of drug-likeness (QED) is 0.556. The normalized spacial score (nSPS) is 16.8. The Hall–Kier alpha value is -2.29. The van der Waals surface area contributed by atoms with Crippen molar-refractivity contribution in [1.29, 1.82) is 0 Å². The lowest BCUT2D eigenvalue weighted by atomic mass is 9.88. The van der Waals surface area contributed by atoms with E-state index in [2.05, 4.69) is 32.0 Å². The maximum absolute atomic E-state index is 12.2. The van der Waals surface area contributed by atoms with Crippen LogP contribution in [-0.2, 0) is 16.0 Å². The average Bonchev–Trinajstić information content (AvgIpc) is 2.74. The van der Waals surface area contributed by atoms with Gasteiger partial charge in [0.05, 0.1) is 5.41 Å². The van der Waals surface area contributed by atoms with E-state index in [1.165, 1.54) is 16.7 Å². The van der Waals surface area contributed by atoms with Crippen LogP contribution in [0.4, 0.5) is 0 Å². The number of carbonyl (C=O) groups is 1. The fraction of sp³-hybridized carbons (Fsp3) is 0.500. The zero-order valence-corrected chi connectivity index (χ0v) is 18.6. The zero-order chi connectivity index (χ0) is 21.4. The molecule has 0 aromatic heterocycles. The molecule has 158 valence electrons. The summed E-state index contributed by atoms with van der Waals surface area (Å²) in [5, 5.41) is 9.01. The number of hydrogen-bond donors (Lipinski definition) is 1. The molecule has 0 saturated heterocycles. The van der Waals surface area contributed by atoms with Gasteiger partial charge in [-0.25, -0.2) is 0 Å². The maximum Gasteiger partial charge on any atom is 0.312 e. The van der Waals surface area contributed by atoms with Gasteiger partial charge in [0, 0.05) is 0 Å². The molecule has 0 saturated carbocycles. The Labute approximate surface area is 176 Å². The van der Waals surface area contributed by atoms with E-state index in [0.717, 1.165) is 32.1 Å². The summed E-state index contributed by atoms with van der Waals surface area (Å²) in [5.41, 5.74) is 3.44. The van der Waals surface area contributed by atoms with Crippen LogP contribution < -0.4 is 0 Å². The van der Waals surface area contributed by atoms with Crippen LogP contribution in [0.2, 0.25) is 0 Å². The van der Waals surface area contributed by atoms with Crippen LogP contribution in [0.5, 0.6) is 5.75 Å². The van der Waals surface area contributed by atoms with Crippen molar-refractivity contribution in [2.75, 3.05) is 0 Å². The summed E-state index contributed by atoms with van der Waals surface area (Å²) in [6.07, 6.45) is 5.05. The molecule has 3 nitrogen and oxygen atoms in total. The van der Waals surface area contributed by atoms with E-state index in [1.54, 1.807) is 12.1 Å². The van der Waals surface area contributed by atoms with Crippen LogP contribution in [0.25, 0.3) is 0 Å². The molecule has 3 rings (SSSR count). The van der Waals surface area contributed by atoms with Gasteiger partial charge < -0.3 is 9.84 Å². The lowest BCUT2D eigenvalue weighted by molar-refractivity contribution is -0.161. The fourth-order valence-electron chi connectivity index (χ4n) is 3.30. The summed E-state index contributed by atoms with van der Waals surface area (Å²) in [6, 6.07) is 15.7. The van der Waals surface area contributed by atoms with E-state index < -0.39 is 0 Å². The van der Waals surface area contributed by atoms with E-state index in [9.17, 15) is 4.79 Å². The molecule has 0 spiro atoms. The van der Waals surface area contributed by atoms with Crippen molar-refractivity contribution in [3.8, 4) is 5.75 Å². The Morgan fingerprint density at radius 3 is 2.41 bits per heavy atom. The van der Waals surface area contributed by atoms with Crippen molar-refractivity contribution in [3.05, 3.63) is 65.2 Å². The molecule has 1 aliphatic rings. The summed E-state index contributed by atoms with van der Waals surface area (Å²) >= 11 is 0. The number of phenolic OH excluding ortho intramolecular Hbond substituents is 1. The molecular formula is C26H36O3. The third-order valence-corrected chi connectivity index (χ3v) is 6.07. The second-order valence-electron chi connectivity index (χ2n) is 8.62. The first-order valence-electron chi connectivity index (χ1n) is 10.9. The Balaban J connectivity index is 0.000000234. The maximum atomic E-state index is 12.2. The predicted molar refractivity (Wildman–Crippen MR) is 119 cm³/mol. The van der Waals surface area contributed by atoms with Gasteiger partial charge in [0.15, 0.2) is 0 Å². The second-order valence-corrected chi connectivity index (χ2v) is 8.62. The molecule has 0 heterocycles. The number of carbonyl (C=O) groups excluding carboxylic acids is 1. The van der Waals surface area contributed by atoms with Gasteiger partial charge in [-0.15, -0.1) is 0 Å². The number of rotatable bonds is 5. The van der Waals surface area contributed by atoms with Crippen molar-refractivity contribution in [2.24, 2.45) is 5.41 Å². The number of aromatic hydroxyl groups is 1. The van der Waals surface area contributed by atoms with Gasteiger partial charge >= 0.3 is 5.97 Å². The van der Waals surface area contributed by atoms with Crippen molar-refractivity contribution in [1.82, 2.24) is 0 Å². The Morgan fingerprint density at radius 1 is 1.14 bits per heavy atom. The zero-order valence-electron chi connectivity index (χ0n) is 18.6. The Kier molecular flexibility index (Phi) is 8.31. The first-order valence-corrected chi connectivity index (χ1v) is 10.9. The molecule has 1 aliphatic carbocycles. The van der Waals surface area contributed by atoms with Crippen molar-refractivity contribution >= 4 is 5.97 Å².